The number of amides is 2. The first-order valence-electron chi connectivity index (χ1n) is 11.4. The SMILES string of the molecule is CCCN(CC(=O)O)C(=O)C(C)(CCC)NC(=O)OCC1c2ccccc2-c2ccccc21. The Bertz CT molecular complexity index is 976. The van der Waals surface area contributed by atoms with Gasteiger partial charge in [-0.2, -0.15) is 0 Å². The van der Waals surface area contributed by atoms with Crippen LogP contribution in [0.25, 0.3) is 11.1 Å². The maximum absolute atomic E-state index is 13.2. The Balaban J connectivity index is 1.73. The van der Waals surface area contributed by atoms with Crippen LogP contribution in [0, 0.1) is 0 Å². The number of ether oxygens (including phenoxy) is 1. The molecule has 0 heterocycles. The Morgan fingerprint density at radius 1 is 1.00 bits per heavy atom. The first kappa shape index (κ1) is 24.3. The van der Waals surface area contributed by atoms with Gasteiger partial charge < -0.3 is 20.1 Å². The van der Waals surface area contributed by atoms with Gasteiger partial charge >= 0.3 is 12.1 Å². The molecule has 2 aromatic carbocycles. The van der Waals surface area contributed by atoms with Gasteiger partial charge in [-0.25, -0.2) is 4.79 Å². The maximum atomic E-state index is 13.2. The van der Waals surface area contributed by atoms with Gasteiger partial charge in [-0.3, -0.25) is 9.59 Å². The number of carbonyl (C=O) groups is 3. The molecule has 0 saturated heterocycles. The Morgan fingerprint density at radius 3 is 2.09 bits per heavy atom. The second-order valence-electron chi connectivity index (χ2n) is 8.65. The van der Waals surface area contributed by atoms with E-state index in [-0.39, 0.29) is 12.5 Å². The van der Waals surface area contributed by atoms with E-state index in [1.807, 2.05) is 50.2 Å². The molecule has 0 saturated carbocycles. The summed E-state index contributed by atoms with van der Waals surface area (Å²) in [7, 11) is 0. The van der Waals surface area contributed by atoms with E-state index in [2.05, 4.69) is 17.4 Å². The van der Waals surface area contributed by atoms with E-state index in [4.69, 9.17) is 4.74 Å². The van der Waals surface area contributed by atoms with Gasteiger partial charge in [0.1, 0.15) is 18.7 Å². The Morgan fingerprint density at radius 2 is 1.58 bits per heavy atom. The number of benzene rings is 2. The third kappa shape index (κ3) is 5.35. The molecule has 0 spiro atoms. The Kier molecular flexibility index (Phi) is 7.74. The highest BCUT2D eigenvalue weighted by molar-refractivity contribution is 5.91. The third-order valence-electron chi connectivity index (χ3n) is 6.05. The molecule has 2 aromatic rings. The van der Waals surface area contributed by atoms with Crippen LogP contribution in [0.15, 0.2) is 48.5 Å². The van der Waals surface area contributed by atoms with Crippen LogP contribution >= 0.6 is 0 Å². The number of carboxylic acid groups (broad SMARTS) is 1. The molecule has 0 aliphatic heterocycles. The average molecular weight is 453 g/mol. The fraction of sp³-hybridized carbons (Fsp3) is 0.423. The normalized spacial score (nSPS) is 14.0. The van der Waals surface area contributed by atoms with Crippen molar-refractivity contribution in [3.63, 3.8) is 0 Å². The van der Waals surface area contributed by atoms with E-state index in [0.717, 1.165) is 22.3 Å². The smallest absolute Gasteiger partial charge is 0.408 e. The Labute approximate surface area is 194 Å². The summed E-state index contributed by atoms with van der Waals surface area (Å²) in [6, 6.07) is 16.1. The van der Waals surface area contributed by atoms with Crippen molar-refractivity contribution in [2.75, 3.05) is 19.7 Å². The molecule has 2 N–H and O–H groups in total. The molecular weight excluding hydrogens is 420 g/mol. The van der Waals surface area contributed by atoms with Gasteiger partial charge in [0.05, 0.1) is 0 Å². The second-order valence-corrected chi connectivity index (χ2v) is 8.65. The molecule has 2 amide bonds. The third-order valence-corrected chi connectivity index (χ3v) is 6.05. The fourth-order valence-corrected chi connectivity index (χ4v) is 4.62. The van der Waals surface area contributed by atoms with E-state index in [1.54, 1.807) is 6.92 Å². The second kappa shape index (κ2) is 10.5. The number of alkyl carbamates (subject to hydrolysis) is 1. The number of hydrogen-bond acceptors (Lipinski definition) is 4. The van der Waals surface area contributed by atoms with E-state index in [1.165, 1.54) is 4.90 Å². The summed E-state index contributed by atoms with van der Waals surface area (Å²) in [5.41, 5.74) is 3.24. The van der Waals surface area contributed by atoms with Crippen molar-refractivity contribution in [1.29, 1.82) is 0 Å². The molecule has 0 bridgehead atoms. The van der Waals surface area contributed by atoms with Crippen molar-refractivity contribution in [3.05, 3.63) is 59.7 Å². The molecule has 7 heteroatoms. The average Bonchev–Trinajstić information content (AvgIpc) is 3.10. The van der Waals surface area contributed by atoms with Crippen LogP contribution in [-0.2, 0) is 14.3 Å². The van der Waals surface area contributed by atoms with Crippen LogP contribution in [-0.4, -0.2) is 53.2 Å². The highest BCUT2D eigenvalue weighted by Gasteiger charge is 2.39. The van der Waals surface area contributed by atoms with Crippen molar-refractivity contribution in [3.8, 4) is 11.1 Å². The van der Waals surface area contributed by atoms with Gasteiger partial charge in [-0.1, -0.05) is 68.8 Å². The highest BCUT2D eigenvalue weighted by Crippen LogP contribution is 2.44. The lowest BCUT2D eigenvalue weighted by Gasteiger charge is -2.34. The minimum Gasteiger partial charge on any atom is -0.480 e. The van der Waals surface area contributed by atoms with E-state index >= 15 is 0 Å². The zero-order chi connectivity index (χ0) is 24.0. The van der Waals surface area contributed by atoms with Crippen molar-refractivity contribution >= 4 is 18.0 Å². The maximum Gasteiger partial charge on any atom is 0.408 e. The lowest BCUT2D eigenvalue weighted by Crippen LogP contribution is -2.58. The predicted octanol–water partition coefficient (Wildman–Crippen LogP) is 4.41. The number of nitrogens with zero attached hydrogens (tertiary/aromatic N) is 1. The molecular formula is C26H32N2O5. The van der Waals surface area contributed by atoms with Crippen LogP contribution in [0.2, 0.25) is 0 Å². The summed E-state index contributed by atoms with van der Waals surface area (Å²) in [6.45, 7) is 5.45. The van der Waals surface area contributed by atoms with Gasteiger partial charge in [0.25, 0.3) is 0 Å². The zero-order valence-corrected chi connectivity index (χ0v) is 19.5. The van der Waals surface area contributed by atoms with E-state index in [0.29, 0.717) is 25.8 Å². The molecule has 1 unspecified atom stereocenters. The van der Waals surface area contributed by atoms with Crippen molar-refractivity contribution < 1.29 is 24.2 Å². The first-order chi connectivity index (χ1) is 15.8. The number of aliphatic carboxylic acids is 1. The predicted molar refractivity (Wildman–Crippen MR) is 126 cm³/mol. The minimum absolute atomic E-state index is 0.0834. The number of carbonyl (C=O) groups excluding carboxylic acids is 2. The number of fused-ring (bicyclic) bond motifs is 3. The lowest BCUT2D eigenvalue weighted by molar-refractivity contribution is -0.147. The van der Waals surface area contributed by atoms with Gasteiger partial charge in [-0.05, 0) is 42.0 Å². The lowest BCUT2D eigenvalue weighted by atomic mass is 9.94. The topological polar surface area (TPSA) is 95.9 Å². The summed E-state index contributed by atoms with van der Waals surface area (Å²) < 4.78 is 5.62. The minimum atomic E-state index is -1.25. The molecule has 33 heavy (non-hydrogen) atoms. The molecule has 7 nitrogen and oxygen atoms in total. The van der Waals surface area contributed by atoms with Crippen LogP contribution in [0.5, 0.6) is 0 Å². The highest BCUT2D eigenvalue weighted by atomic mass is 16.5. The number of nitrogens with one attached hydrogen (secondary N) is 1. The van der Waals surface area contributed by atoms with Crippen molar-refractivity contribution in [1.82, 2.24) is 10.2 Å². The van der Waals surface area contributed by atoms with Crippen LogP contribution in [0.3, 0.4) is 0 Å². The molecule has 0 aromatic heterocycles. The largest absolute Gasteiger partial charge is 0.480 e. The summed E-state index contributed by atoms with van der Waals surface area (Å²) in [5, 5.41) is 11.9. The van der Waals surface area contributed by atoms with Gasteiger partial charge in [-0.15, -0.1) is 0 Å². The summed E-state index contributed by atoms with van der Waals surface area (Å²) >= 11 is 0. The van der Waals surface area contributed by atoms with Gasteiger partial charge in [0.15, 0.2) is 0 Å². The molecule has 3 rings (SSSR count). The summed E-state index contributed by atoms with van der Waals surface area (Å²) in [4.78, 5) is 38.5. The summed E-state index contributed by atoms with van der Waals surface area (Å²) in [6.07, 6.45) is 0.939. The van der Waals surface area contributed by atoms with E-state index < -0.39 is 30.1 Å². The number of rotatable bonds is 10. The fourth-order valence-electron chi connectivity index (χ4n) is 4.62. The standard InChI is InChI=1S/C26H32N2O5/c1-4-14-26(3,24(31)28(15-5-2)16-23(29)30)27-25(32)33-17-22-20-12-8-6-10-18(20)19-11-7-9-13-21(19)22/h6-13,22H,4-5,14-17H2,1-3H3,(H,27,32)(H,29,30). The molecule has 0 radical (unpaired) electrons. The number of carboxylic acids is 1. The van der Waals surface area contributed by atoms with Crippen LogP contribution in [0.1, 0.15) is 57.1 Å². The van der Waals surface area contributed by atoms with Crippen LogP contribution < -0.4 is 5.32 Å². The quantitative estimate of drug-likeness (QED) is 0.557. The summed E-state index contributed by atoms with van der Waals surface area (Å²) in [5.74, 6) is -1.58. The molecule has 176 valence electrons. The first-order valence-corrected chi connectivity index (χ1v) is 11.4. The van der Waals surface area contributed by atoms with Crippen LogP contribution in [0.4, 0.5) is 4.79 Å². The monoisotopic (exact) mass is 452 g/mol. The van der Waals surface area contributed by atoms with Gasteiger partial charge in [0, 0.05) is 12.5 Å². The Hall–Kier alpha value is -3.35. The van der Waals surface area contributed by atoms with Crippen molar-refractivity contribution in [2.24, 2.45) is 0 Å². The molecule has 0 fully saturated rings. The van der Waals surface area contributed by atoms with Crippen molar-refractivity contribution in [2.45, 2.75) is 51.5 Å². The van der Waals surface area contributed by atoms with E-state index in [9.17, 15) is 19.5 Å². The molecule has 1 aliphatic rings. The number of hydrogen-bond donors (Lipinski definition) is 2. The van der Waals surface area contributed by atoms with Gasteiger partial charge in [0.2, 0.25) is 5.91 Å². The molecule has 1 aliphatic carbocycles. The zero-order valence-electron chi connectivity index (χ0n) is 19.5. The molecule has 1 atom stereocenters.